The fraction of sp³-hybridized carbons (Fsp3) is 0.304. The lowest BCUT2D eigenvalue weighted by atomic mass is 9.90. The number of thioether (sulfide) groups is 1. The van der Waals surface area contributed by atoms with Gasteiger partial charge in [0.05, 0.1) is 18.9 Å². The molecule has 9 heteroatoms. The number of carbonyl (C=O) groups excluding carboxylic acids is 1. The van der Waals surface area contributed by atoms with Gasteiger partial charge in [-0.1, -0.05) is 37.2 Å². The zero-order valence-electron chi connectivity index (χ0n) is 18.3. The zero-order valence-corrected chi connectivity index (χ0v) is 19.9. The van der Waals surface area contributed by atoms with Gasteiger partial charge in [-0.2, -0.15) is 5.26 Å². The molecule has 3 aromatic rings. The predicted molar refractivity (Wildman–Crippen MR) is 126 cm³/mol. The van der Waals surface area contributed by atoms with Crippen molar-refractivity contribution in [3.05, 3.63) is 53.6 Å². The van der Waals surface area contributed by atoms with Crippen LogP contribution >= 0.6 is 23.4 Å². The molecule has 0 bridgehead atoms. The minimum atomic E-state index is -0.935. The van der Waals surface area contributed by atoms with Crippen LogP contribution in [0.5, 0.6) is 5.75 Å². The van der Waals surface area contributed by atoms with Gasteiger partial charge < -0.3 is 10.1 Å². The summed E-state index contributed by atoms with van der Waals surface area (Å²) < 4.78 is 7.14. The number of rotatable bonds is 8. The highest BCUT2D eigenvalue weighted by molar-refractivity contribution is 7.99. The van der Waals surface area contributed by atoms with Gasteiger partial charge in [-0.3, -0.25) is 9.36 Å². The van der Waals surface area contributed by atoms with Crippen molar-refractivity contribution in [3.63, 3.8) is 0 Å². The zero-order chi connectivity index (χ0) is 23.3. The number of nitrogens with zero attached hydrogens (tertiary/aromatic N) is 4. The van der Waals surface area contributed by atoms with Crippen molar-refractivity contribution < 1.29 is 9.53 Å². The van der Waals surface area contributed by atoms with Gasteiger partial charge in [0.15, 0.2) is 11.0 Å². The van der Waals surface area contributed by atoms with Crippen molar-refractivity contribution in [1.82, 2.24) is 20.1 Å². The number of benzene rings is 2. The van der Waals surface area contributed by atoms with Gasteiger partial charge in [0.2, 0.25) is 5.91 Å². The van der Waals surface area contributed by atoms with E-state index in [0.717, 1.165) is 17.0 Å². The summed E-state index contributed by atoms with van der Waals surface area (Å²) in [6.45, 7) is 5.52. The van der Waals surface area contributed by atoms with Crippen LogP contribution in [0.15, 0.2) is 53.7 Å². The quantitative estimate of drug-likeness (QED) is 0.479. The topological polar surface area (TPSA) is 92.8 Å². The Kier molecular flexibility index (Phi) is 7.44. The maximum atomic E-state index is 12.6. The molecule has 0 aliphatic rings. The molecular formula is C23H24ClN5O2S. The third-order valence-corrected chi connectivity index (χ3v) is 6.37. The summed E-state index contributed by atoms with van der Waals surface area (Å²) in [7, 11) is 1.61. The Morgan fingerprint density at radius 3 is 2.44 bits per heavy atom. The smallest absolute Gasteiger partial charge is 0.231 e. The molecule has 1 amide bonds. The molecule has 1 heterocycles. The molecule has 0 fully saturated rings. The van der Waals surface area contributed by atoms with Crippen molar-refractivity contribution in [2.24, 2.45) is 5.92 Å². The summed E-state index contributed by atoms with van der Waals surface area (Å²) in [5.74, 6) is 1.18. The Balaban J connectivity index is 1.91. The van der Waals surface area contributed by atoms with E-state index in [2.05, 4.69) is 21.6 Å². The Morgan fingerprint density at radius 1 is 1.22 bits per heavy atom. The minimum absolute atomic E-state index is 0.0269. The number of hydrogen-bond donors (Lipinski definition) is 1. The van der Waals surface area contributed by atoms with E-state index in [-0.39, 0.29) is 17.6 Å². The Bertz CT molecular complexity index is 1120. The van der Waals surface area contributed by atoms with Gasteiger partial charge in [0.25, 0.3) is 0 Å². The molecule has 1 N–H and O–H groups in total. The van der Waals surface area contributed by atoms with Gasteiger partial charge in [0.1, 0.15) is 11.3 Å². The third kappa shape index (κ3) is 5.23. The maximum absolute atomic E-state index is 12.6. The number of amides is 1. The van der Waals surface area contributed by atoms with Crippen LogP contribution in [-0.2, 0) is 4.79 Å². The van der Waals surface area contributed by atoms with Gasteiger partial charge in [-0.25, -0.2) is 0 Å². The van der Waals surface area contributed by atoms with E-state index in [1.54, 1.807) is 26.2 Å². The first kappa shape index (κ1) is 23.6. The van der Waals surface area contributed by atoms with Crippen LogP contribution in [0.25, 0.3) is 17.1 Å². The Hall–Kier alpha value is -3.02. The lowest BCUT2D eigenvalue weighted by Crippen LogP contribution is -2.49. The summed E-state index contributed by atoms with van der Waals surface area (Å²) in [5, 5.41) is 22.1. The van der Waals surface area contributed by atoms with Crippen molar-refractivity contribution in [3.8, 4) is 28.9 Å². The number of hydrogen-bond acceptors (Lipinski definition) is 6. The molecule has 0 saturated heterocycles. The molecule has 3 rings (SSSR count). The molecule has 166 valence electrons. The van der Waals surface area contributed by atoms with E-state index in [9.17, 15) is 10.1 Å². The summed E-state index contributed by atoms with van der Waals surface area (Å²) in [5.41, 5.74) is 0.731. The highest BCUT2D eigenvalue weighted by Gasteiger charge is 2.30. The van der Waals surface area contributed by atoms with Crippen molar-refractivity contribution in [2.75, 3.05) is 12.9 Å². The fourth-order valence-corrected chi connectivity index (χ4v) is 3.75. The van der Waals surface area contributed by atoms with Crippen LogP contribution in [0.1, 0.15) is 20.8 Å². The largest absolute Gasteiger partial charge is 0.497 e. The predicted octanol–water partition coefficient (Wildman–Crippen LogP) is 4.74. The third-order valence-electron chi connectivity index (χ3n) is 5.18. The number of methoxy groups -OCH3 is 1. The standard InChI is InChI=1S/C23H24ClN5O2S/c1-15(2)23(3,14-25)26-20(30)13-32-22-28-27-21(16-5-7-17(24)8-6-16)29(22)18-9-11-19(31-4)12-10-18/h5-12,15H,13H2,1-4H3,(H,26,30). The number of nitriles is 1. The molecule has 1 aromatic heterocycles. The Labute approximate surface area is 196 Å². The molecule has 32 heavy (non-hydrogen) atoms. The second kappa shape index (κ2) is 10.1. The van der Waals surface area contributed by atoms with Crippen LogP contribution in [-0.4, -0.2) is 39.1 Å². The van der Waals surface area contributed by atoms with Gasteiger partial charge in [-0.15, -0.1) is 10.2 Å². The van der Waals surface area contributed by atoms with E-state index in [1.165, 1.54) is 11.8 Å². The maximum Gasteiger partial charge on any atom is 0.231 e. The van der Waals surface area contributed by atoms with Gasteiger partial charge in [-0.05, 0) is 61.4 Å². The summed E-state index contributed by atoms with van der Waals surface area (Å²) >= 11 is 7.29. The first-order chi connectivity index (χ1) is 15.3. The van der Waals surface area contributed by atoms with Crippen LogP contribution in [0.2, 0.25) is 5.02 Å². The summed E-state index contributed by atoms with van der Waals surface area (Å²) in [4.78, 5) is 12.6. The van der Waals surface area contributed by atoms with Crippen LogP contribution in [0.3, 0.4) is 0 Å². The van der Waals surface area contributed by atoms with E-state index in [1.807, 2.05) is 54.8 Å². The van der Waals surface area contributed by atoms with Crippen LogP contribution in [0.4, 0.5) is 0 Å². The first-order valence-electron chi connectivity index (χ1n) is 9.98. The number of aromatic nitrogens is 3. The Morgan fingerprint density at radius 2 is 1.88 bits per heavy atom. The number of nitrogens with one attached hydrogen (secondary N) is 1. The van der Waals surface area contributed by atoms with Crippen LogP contribution in [0, 0.1) is 17.2 Å². The molecule has 0 saturated carbocycles. The number of ether oxygens (including phenoxy) is 1. The summed E-state index contributed by atoms with van der Waals surface area (Å²) in [6.07, 6.45) is 0. The molecular weight excluding hydrogens is 446 g/mol. The van der Waals surface area contributed by atoms with Gasteiger partial charge in [0, 0.05) is 16.3 Å². The molecule has 2 aromatic carbocycles. The first-order valence-corrected chi connectivity index (χ1v) is 11.3. The monoisotopic (exact) mass is 469 g/mol. The van der Waals surface area contributed by atoms with Crippen molar-refractivity contribution in [2.45, 2.75) is 31.5 Å². The van der Waals surface area contributed by atoms with E-state index in [4.69, 9.17) is 16.3 Å². The second-order valence-corrected chi connectivity index (χ2v) is 9.03. The van der Waals surface area contributed by atoms with E-state index >= 15 is 0 Å². The molecule has 0 aliphatic carbocycles. The normalized spacial score (nSPS) is 12.8. The summed E-state index contributed by atoms with van der Waals surface area (Å²) in [6, 6.07) is 17.0. The molecule has 1 unspecified atom stereocenters. The van der Waals surface area contributed by atoms with E-state index in [0.29, 0.717) is 16.0 Å². The molecule has 0 aliphatic heterocycles. The lowest BCUT2D eigenvalue weighted by molar-refractivity contribution is -0.120. The lowest BCUT2D eigenvalue weighted by Gasteiger charge is -2.27. The molecule has 1 atom stereocenters. The molecule has 0 spiro atoms. The average molecular weight is 470 g/mol. The van der Waals surface area contributed by atoms with Crippen molar-refractivity contribution >= 4 is 29.3 Å². The number of carbonyl (C=O) groups is 1. The van der Waals surface area contributed by atoms with Crippen molar-refractivity contribution in [1.29, 1.82) is 5.26 Å². The fourth-order valence-electron chi connectivity index (χ4n) is 2.87. The highest BCUT2D eigenvalue weighted by Crippen LogP contribution is 2.29. The highest BCUT2D eigenvalue weighted by atomic mass is 35.5. The SMILES string of the molecule is COc1ccc(-n2c(SCC(=O)NC(C)(C#N)C(C)C)nnc2-c2ccc(Cl)cc2)cc1. The van der Waals surface area contributed by atoms with E-state index < -0.39 is 5.54 Å². The average Bonchev–Trinajstić information content (AvgIpc) is 3.22. The minimum Gasteiger partial charge on any atom is -0.497 e. The van der Waals surface area contributed by atoms with Gasteiger partial charge >= 0.3 is 0 Å². The molecule has 0 radical (unpaired) electrons. The molecule has 7 nitrogen and oxygen atoms in total. The number of halogens is 1. The second-order valence-electron chi connectivity index (χ2n) is 7.65. The van der Waals surface area contributed by atoms with Crippen LogP contribution < -0.4 is 10.1 Å².